The number of thiophene rings is 1. The van der Waals surface area contributed by atoms with Crippen LogP contribution < -0.4 is 5.32 Å². The first-order chi connectivity index (χ1) is 7.03. The second-order valence-electron chi connectivity index (χ2n) is 3.53. The van der Waals surface area contributed by atoms with E-state index in [0.29, 0.717) is 6.54 Å². The summed E-state index contributed by atoms with van der Waals surface area (Å²) in [5.41, 5.74) is 1.35. The van der Waals surface area contributed by atoms with E-state index < -0.39 is 9.84 Å². The smallest absolute Gasteiger partial charge is 0.148 e. The third-order valence-corrected chi connectivity index (χ3v) is 4.06. The normalized spacial score (nSPS) is 11.9. The van der Waals surface area contributed by atoms with Crippen molar-refractivity contribution in [3.8, 4) is 0 Å². The van der Waals surface area contributed by atoms with Gasteiger partial charge in [0.05, 0.1) is 5.75 Å². The maximum atomic E-state index is 10.9. The minimum absolute atomic E-state index is 0.208. The van der Waals surface area contributed by atoms with Gasteiger partial charge in [0, 0.05) is 24.2 Å². The lowest BCUT2D eigenvalue weighted by Crippen LogP contribution is -2.21. The molecule has 1 aromatic rings. The number of aryl methyl sites for hydroxylation is 1. The third-order valence-electron chi connectivity index (χ3n) is 2.15. The molecule has 0 aliphatic rings. The van der Waals surface area contributed by atoms with Crippen LogP contribution >= 0.6 is 11.3 Å². The molecule has 0 fully saturated rings. The number of hydrogen-bond donors (Lipinski definition) is 1. The van der Waals surface area contributed by atoms with E-state index in [4.69, 9.17) is 0 Å². The Morgan fingerprint density at radius 1 is 1.47 bits per heavy atom. The molecule has 1 rings (SSSR count). The van der Waals surface area contributed by atoms with Gasteiger partial charge >= 0.3 is 0 Å². The molecule has 86 valence electrons. The molecule has 0 saturated heterocycles. The number of sulfone groups is 1. The van der Waals surface area contributed by atoms with Crippen LogP contribution in [0.5, 0.6) is 0 Å². The Labute approximate surface area is 95.4 Å². The van der Waals surface area contributed by atoms with Gasteiger partial charge in [0.2, 0.25) is 0 Å². The fourth-order valence-electron chi connectivity index (χ4n) is 1.30. The minimum atomic E-state index is -2.84. The zero-order chi connectivity index (χ0) is 11.3. The molecule has 5 heteroatoms. The first kappa shape index (κ1) is 12.7. The first-order valence-corrected chi connectivity index (χ1v) is 7.90. The largest absolute Gasteiger partial charge is 0.311 e. The lowest BCUT2D eigenvalue weighted by atomic mass is 10.2. The Bertz CT molecular complexity index is 395. The summed E-state index contributed by atoms with van der Waals surface area (Å²) in [6, 6.07) is 2.12. The van der Waals surface area contributed by atoms with Crippen molar-refractivity contribution in [3.05, 3.63) is 21.9 Å². The summed E-state index contributed by atoms with van der Waals surface area (Å²) in [7, 11) is -2.84. The van der Waals surface area contributed by atoms with Gasteiger partial charge in [-0.15, -0.1) is 11.3 Å². The molecule has 0 radical (unpaired) electrons. The van der Waals surface area contributed by atoms with E-state index in [1.54, 1.807) is 11.3 Å². The molecule has 0 bridgehead atoms. The van der Waals surface area contributed by atoms with Crippen molar-refractivity contribution in [1.82, 2.24) is 5.32 Å². The van der Waals surface area contributed by atoms with Crippen LogP contribution in [-0.4, -0.2) is 27.0 Å². The highest BCUT2D eigenvalue weighted by molar-refractivity contribution is 7.90. The van der Waals surface area contributed by atoms with Crippen LogP contribution in [0, 0.1) is 0 Å². The molecule has 3 nitrogen and oxygen atoms in total. The highest BCUT2D eigenvalue weighted by Gasteiger charge is 2.03. The quantitative estimate of drug-likeness (QED) is 0.774. The van der Waals surface area contributed by atoms with E-state index in [9.17, 15) is 8.42 Å². The SMILES string of the molecule is CCc1ccsc1CNCCS(C)(=O)=O. The van der Waals surface area contributed by atoms with Crippen molar-refractivity contribution in [2.24, 2.45) is 0 Å². The van der Waals surface area contributed by atoms with Gasteiger partial charge in [-0.3, -0.25) is 0 Å². The van der Waals surface area contributed by atoms with Gasteiger partial charge in [-0.25, -0.2) is 8.42 Å². The number of hydrogen-bond acceptors (Lipinski definition) is 4. The van der Waals surface area contributed by atoms with Crippen molar-refractivity contribution in [2.45, 2.75) is 19.9 Å². The van der Waals surface area contributed by atoms with Crippen molar-refractivity contribution < 1.29 is 8.42 Å². The van der Waals surface area contributed by atoms with Gasteiger partial charge in [-0.1, -0.05) is 6.92 Å². The van der Waals surface area contributed by atoms with E-state index in [0.717, 1.165) is 13.0 Å². The summed E-state index contributed by atoms with van der Waals surface area (Å²) in [6.45, 7) is 3.43. The number of nitrogens with one attached hydrogen (secondary N) is 1. The maximum Gasteiger partial charge on any atom is 0.148 e. The van der Waals surface area contributed by atoms with Crippen molar-refractivity contribution in [2.75, 3.05) is 18.6 Å². The van der Waals surface area contributed by atoms with Gasteiger partial charge in [0.15, 0.2) is 0 Å². The van der Waals surface area contributed by atoms with Crippen molar-refractivity contribution in [1.29, 1.82) is 0 Å². The zero-order valence-corrected chi connectivity index (χ0v) is 10.7. The lowest BCUT2D eigenvalue weighted by molar-refractivity contribution is 0.596. The molecule has 0 atom stereocenters. The number of rotatable bonds is 6. The Kier molecular flexibility index (Phi) is 4.76. The molecule has 0 unspecified atom stereocenters. The summed E-state index contributed by atoms with van der Waals surface area (Å²) < 4.78 is 21.8. The predicted octanol–water partition coefficient (Wildman–Crippen LogP) is 1.44. The summed E-state index contributed by atoms with van der Waals surface area (Å²) in [4.78, 5) is 1.31. The molecular formula is C10H17NO2S2. The highest BCUT2D eigenvalue weighted by Crippen LogP contribution is 2.16. The molecule has 1 N–H and O–H groups in total. The van der Waals surface area contributed by atoms with E-state index in [-0.39, 0.29) is 5.75 Å². The van der Waals surface area contributed by atoms with Gasteiger partial charge in [-0.05, 0) is 23.4 Å². The van der Waals surface area contributed by atoms with E-state index >= 15 is 0 Å². The van der Waals surface area contributed by atoms with Gasteiger partial charge in [0.1, 0.15) is 9.84 Å². The van der Waals surface area contributed by atoms with Crippen LogP contribution in [0.1, 0.15) is 17.4 Å². The molecule has 0 saturated carbocycles. The third kappa shape index (κ3) is 4.77. The molecule has 1 aromatic heterocycles. The molecule has 1 heterocycles. The summed E-state index contributed by atoms with van der Waals surface area (Å²) in [5, 5.41) is 5.23. The second kappa shape index (κ2) is 5.63. The summed E-state index contributed by atoms with van der Waals surface area (Å²) in [5.74, 6) is 0.208. The van der Waals surface area contributed by atoms with Crippen LogP contribution in [0.3, 0.4) is 0 Å². The predicted molar refractivity (Wildman–Crippen MR) is 65.1 cm³/mol. The van der Waals surface area contributed by atoms with Gasteiger partial charge in [0.25, 0.3) is 0 Å². The summed E-state index contributed by atoms with van der Waals surface area (Å²) in [6.07, 6.45) is 2.30. The standard InChI is InChI=1S/C10H17NO2S2/c1-3-9-4-6-14-10(9)8-11-5-7-15(2,12)13/h4,6,11H,3,5,7-8H2,1-2H3. The Hall–Kier alpha value is -0.390. The maximum absolute atomic E-state index is 10.9. The van der Waals surface area contributed by atoms with Crippen LogP contribution in [0.4, 0.5) is 0 Å². The van der Waals surface area contributed by atoms with Crippen LogP contribution in [0.2, 0.25) is 0 Å². The van der Waals surface area contributed by atoms with E-state index in [1.807, 2.05) is 0 Å². The Balaban J connectivity index is 2.32. The topological polar surface area (TPSA) is 46.2 Å². The molecule has 0 amide bonds. The molecule has 0 aromatic carbocycles. The minimum Gasteiger partial charge on any atom is -0.311 e. The van der Waals surface area contributed by atoms with E-state index in [1.165, 1.54) is 16.7 Å². The van der Waals surface area contributed by atoms with Crippen LogP contribution in [0.25, 0.3) is 0 Å². The van der Waals surface area contributed by atoms with Gasteiger partial charge < -0.3 is 5.32 Å². The first-order valence-electron chi connectivity index (χ1n) is 4.96. The van der Waals surface area contributed by atoms with Crippen molar-refractivity contribution in [3.63, 3.8) is 0 Å². The molecule has 0 spiro atoms. The second-order valence-corrected chi connectivity index (χ2v) is 6.79. The monoisotopic (exact) mass is 247 g/mol. The molecular weight excluding hydrogens is 230 g/mol. The average Bonchev–Trinajstić information content (AvgIpc) is 2.58. The Morgan fingerprint density at radius 3 is 2.80 bits per heavy atom. The van der Waals surface area contributed by atoms with E-state index in [2.05, 4.69) is 23.7 Å². The van der Waals surface area contributed by atoms with Gasteiger partial charge in [-0.2, -0.15) is 0 Å². The zero-order valence-electron chi connectivity index (χ0n) is 9.12. The average molecular weight is 247 g/mol. The lowest BCUT2D eigenvalue weighted by Gasteiger charge is -2.03. The molecule has 15 heavy (non-hydrogen) atoms. The van der Waals surface area contributed by atoms with Crippen molar-refractivity contribution >= 4 is 21.2 Å². The fraction of sp³-hybridized carbons (Fsp3) is 0.600. The molecule has 0 aliphatic carbocycles. The highest BCUT2D eigenvalue weighted by atomic mass is 32.2. The fourth-order valence-corrected chi connectivity index (χ4v) is 2.76. The summed E-state index contributed by atoms with van der Waals surface area (Å²) >= 11 is 1.72. The van der Waals surface area contributed by atoms with Crippen LogP contribution in [0.15, 0.2) is 11.4 Å². The Morgan fingerprint density at radius 2 is 2.20 bits per heavy atom. The van der Waals surface area contributed by atoms with Crippen LogP contribution in [-0.2, 0) is 22.8 Å². The molecule has 0 aliphatic heterocycles.